The van der Waals surface area contributed by atoms with Crippen LogP contribution >= 0.6 is 0 Å². The maximum absolute atomic E-state index is 11.6. The van der Waals surface area contributed by atoms with E-state index < -0.39 is 15.4 Å². The monoisotopic (exact) mass is 420 g/mol. The molecule has 2 N–H and O–H groups in total. The van der Waals surface area contributed by atoms with Crippen molar-refractivity contribution in [1.82, 2.24) is 0 Å². The second-order valence-corrected chi connectivity index (χ2v) is 10.2. The van der Waals surface area contributed by atoms with E-state index in [2.05, 4.69) is 13.8 Å². The molecule has 0 aliphatic carbocycles. The Morgan fingerprint density at radius 3 is 1.25 bits per heavy atom. The molecule has 4 nitrogen and oxygen atoms in total. The van der Waals surface area contributed by atoms with Gasteiger partial charge in [0, 0.05) is 0 Å². The summed E-state index contributed by atoms with van der Waals surface area (Å²) >= 11 is 0. The smallest absolute Gasteiger partial charge is 0.267 e. The Bertz CT molecular complexity index is 422. The molecule has 0 spiro atoms. The lowest BCUT2D eigenvalue weighted by Crippen LogP contribution is -2.20. The summed E-state index contributed by atoms with van der Waals surface area (Å²) in [5.41, 5.74) is 0. The lowest BCUT2D eigenvalue weighted by Gasteiger charge is -2.14. The van der Waals surface area contributed by atoms with Gasteiger partial charge in [0.25, 0.3) is 10.1 Å². The van der Waals surface area contributed by atoms with Crippen LogP contribution in [-0.4, -0.2) is 29.4 Å². The van der Waals surface area contributed by atoms with Crippen LogP contribution in [-0.2, 0) is 10.1 Å². The van der Waals surface area contributed by atoms with E-state index in [1.807, 2.05) is 0 Å². The summed E-state index contributed by atoms with van der Waals surface area (Å²) in [6.45, 7) is 4.38. The van der Waals surface area contributed by atoms with Crippen LogP contribution in [0.3, 0.4) is 0 Å². The maximum atomic E-state index is 11.6. The average molecular weight is 421 g/mol. The minimum atomic E-state index is -3.92. The van der Waals surface area contributed by atoms with Crippen molar-refractivity contribution in [2.24, 2.45) is 0 Å². The fraction of sp³-hybridized carbons (Fsp3) is 1.00. The molecule has 0 aromatic carbocycles. The molecule has 0 saturated heterocycles. The van der Waals surface area contributed by atoms with E-state index >= 15 is 0 Å². The van der Waals surface area contributed by atoms with Gasteiger partial charge < -0.3 is 5.11 Å². The van der Waals surface area contributed by atoms with Crippen LogP contribution < -0.4 is 0 Å². The lowest BCUT2D eigenvalue weighted by atomic mass is 10.0. The van der Waals surface area contributed by atoms with Gasteiger partial charge in [-0.3, -0.25) is 4.55 Å². The van der Waals surface area contributed by atoms with Crippen LogP contribution in [0.25, 0.3) is 0 Å². The molecule has 0 rings (SSSR count). The summed E-state index contributed by atoms with van der Waals surface area (Å²) in [7, 11) is -3.92. The predicted octanol–water partition coefficient (Wildman–Crippen LogP) is 7.06. The number of hydrogen-bond acceptors (Lipinski definition) is 3. The van der Waals surface area contributed by atoms with E-state index in [0.717, 1.165) is 64.2 Å². The highest BCUT2D eigenvalue weighted by molar-refractivity contribution is 7.86. The Labute approximate surface area is 175 Å². The number of hydrogen-bond donors (Lipinski definition) is 2. The number of aliphatic hydroxyl groups excluding tert-OH is 1. The quantitative estimate of drug-likeness (QED) is 0.154. The van der Waals surface area contributed by atoms with Gasteiger partial charge >= 0.3 is 0 Å². The topological polar surface area (TPSA) is 74.6 Å². The van der Waals surface area contributed by atoms with Crippen LogP contribution in [0.1, 0.15) is 136 Å². The molecular formula is C23H48O4S. The van der Waals surface area contributed by atoms with Crippen LogP contribution in [0.5, 0.6) is 0 Å². The third-order valence-electron chi connectivity index (χ3n) is 5.76. The van der Waals surface area contributed by atoms with Gasteiger partial charge in [0.05, 0.1) is 11.4 Å². The van der Waals surface area contributed by atoms with Gasteiger partial charge in [-0.25, -0.2) is 0 Å². The summed E-state index contributed by atoms with van der Waals surface area (Å²) in [6, 6.07) is 0. The number of unbranched alkanes of at least 4 members (excludes halogenated alkanes) is 12. The highest BCUT2D eigenvalue weighted by atomic mass is 32.2. The average Bonchev–Trinajstić information content (AvgIpc) is 2.64. The van der Waals surface area contributed by atoms with Crippen LogP contribution in [0.4, 0.5) is 0 Å². The largest absolute Gasteiger partial charge is 0.393 e. The van der Waals surface area contributed by atoms with Crippen LogP contribution in [0.15, 0.2) is 0 Å². The minimum absolute atomic E-state index is 0.181. The first-order valence-corrected chi connectivity index (χ1v) is 13.6. The van der Waals surface area contributed by atoms with E-state index in [1.54, 1.807) is 0 Å². The van der Waals surface area contributed by atoms with Crippen molar-refractivity contribution in [3.05, 3.63) is 0 Å². The highest BCUT2D eigenvalue weighted by Gasteiger charge is 2.21. The molecule has 2 unspecified atom stereocenters. The minimum Gasteiger partial charge on any atom is -0.393 e. The molecule has 0 saturated carbocycles. The van der Waals surface area contributed by atoms with Gasteiger partial charge in [0.15, 0.2) is 0 Å². The molecule has 0 radical (unpaired) electrons. The number of aliphatic hydroxyl groups is 1. The van der Waals surface area contributed by atoms with Crippen molar-refractivity contribution < 1.29 is 18.1 Å². The normalized spacial score (nSPS) is 14.3. The van der Waals surface area contributed by atoms with E-state index in [-0.39, 0.29) is 6.10 Å². The van der Waals surface area contributed by atoms with Crippen molar-refractivity contribution in [1.29, 1.82) is 0 Å². The van der Waals surface area contributed by atoms with E-state index in [0.29, 0.717) is 12.8 Å². The molecule has 0 amide bonds. The molecule has 170 valence electrons. The zero-order valence-electron chi connectivity index (χ0n) is 18.7. The Hall–Kier alpha value is -0.130. The second kappa shape index (κ2) is 18.9. The van der Waals surface area contributed by atoms with Gasteiger partial charge in [-0.2, -0.15) is 8.42 Å². The van der Waals surface area contributed by atoms with E-state index in [1.165, 1.54) is 44.9 Å². The zero-order valence-corrected chi connectivity index (χ0v) is 19.5. The Kier molecular flexibility index (Phi) is 18.8. The van der Waals surface area contributed by atoms with Crippen LogP contribution in [0, 0.1) is 0 Å². The van der Waals surface area contributed by atoms with E-state index in [4.69, 9.17) is 0 Å². The maximum Gasteiger partial charge on any atom is 0.267 e. The third kappa shape index (κ3) is 17.9. The molecule has 0 aliphatic heterocycles. The van der Waals surface area contributed by atoms with Crippen molar-refractivity contribution in [3.63, 3.8) is 0 Å². The fourth-order valence-electron chi connectivity index (χ4n) is 3.83. The van der Waals surface area contributed by atoms with Crippen molar-refractivity contribution in [2.45, 2.75) is 147 Å². The van der Waals surface area contributed by atoms with Crippen LogP contribution in [0.2, 0.25) is 0 Å². The molecule has 0 fully saturated rings. The molecule has 5 heteroatoms. The Morgan fingerprint density at radius 2 is 0.893 bits per heavy atom. The predicted molar refractivity (Wildman–Crippen MR) is 120 cm³/mol. The molecule has 0 aromatic heterocycles. The first-order valence-electron chi connectivity index (χ1n) is 12.1. The molecule has 0 aliphatic rings. The molecular weight excluding hydrogens is 372 g/mol. The second-order valence-electron chi connectivity index (χ2n) is 8.54. The summed E-state index contributed by atoms with van der Waals surface area (Å²) in [4.78, 5) is 0. The lowest BCUT2D eigenvalue weighted by molar-refractivity contribution is 0.147. The molecule has 2 atom stereocenters. The summed E-state index contributed by atoms with van der Waals surface area (Å²) in [5, 5.41) is 9.46. The van der Waals surface area contributed by atoms with E-state index in [9.17, 15) is 18.1 Å². The Balaban J connectivity index is 3.70. The zero-order chi connectivity index (χ0) is 21.1. The van der Waals surface area contributed by atoms with Gasteiger partial charge in [-0.1, -0.05) is 110 Å². The SMILES string of the molecule is CCCCCCCCC(O)CCCCCCC(CCCCCCC)S(=O)(=O)O. The van der Waals surface area contributed by atoms with Gasteiger partial charge in [0.1, 0.15) is 0 Å². The van der Waals surface area contributed by atoms with Crippen molar-refractivity contribution in [3.8, 4) is 0 Å². The van der Waals surface area contributed by atoms with Crippen molar-refractivity contribution >= 4 is 10.1 Å². The standard InChI is InChI=1S/C23H48O4S/c1-3-5-7-9-11-14-18-22(24)19-15-12-13-17-21-23(28(25,26)27)20-16-10-8-6-4-2/h22-24H,3-21H2,1-2H3,(H,25,26,27). The third-order valence-corrected chi connectivity index (χ3v) is 7.07. The molecule has 0 bridgehead atoms. The fourth-order valence-corrected chi connectivity index (χ4v) is 4.76. The summed E-state index contributed by atoms with van der Waals surface area (Å²) < 4.78 is 32.6. The highest BCUT2D eigenvalue weighted by Crippen LogP contribution is 2.19. The first-order chi connectivity index (χ1) is 13.4. The van der Waals surface area contributed by atoms with Gasteiger partial charge in [-0.15, -0.1) is 0 Å². The molecule has 0 heterocycles. The summed E-state index contributed by atoms with van der Waals surface area (Å²) in [5.74, 6) is 0. The molecule has 28 heavy (non-hydrogen) atoms. The van der Waals surface area contributed by atoms with Crippen molar-refractivity contribution in [2.75, 3.05) is 0 Å². The Morgan fingerprint density at radius 1 is 0.571 bits per heavy atom. The number of rotatable bonds is 21. The summed E-state index contributed by atoms with van der Waals surface area (Å²) in [6.07, 6.45) is 19.6. The van der Waals surface area contributed by atoms with Gasteiger partial charge in [0.2, 0.25) is 0 Å². The first kappa shape index (κ1) is 27.9. The van der Waals surface area contributed by atoms with Gasteiger partial charge in [-0.05, 0) is 25.7 Å². The molecule has 0 aromatic rings.